The molecule has 41 heavy (non-hydrogen) atoms. The van der Waals surface area contributed by atoms with Crippen LogP contribution in [0, 0.1) is 0 Å². The Morgan fingerprint density at radius 1 is 0.585 bits per heavy atom. The fourth-order valence-corrected chi connectivity index (χ4v) is 5.69. The van der Waals surface area contributed by atoms with E-state index in [1.807, 2.05) is 0 Å². The van der Waals surface area contributed by atoms with Gasteiger partial charge in [0.25, 0.3) is 0 Å². The van der Waals surface area contributed by atoms with Gasteiger partial charge in [0.1, 0.15) is 12.7 Å². The van der Waals surface area contributed by atoms with E-state index in [1.54, 1.807) is 121 Å². The van der Waals surface area contributed by atoms with Crippen LogP contribution in [-0.4, -0.2) is 52.5 Å². The van der Waals surface area contributed by atoms with Crippen molar-refractivity contribution in [2.75, 3.05) is 6.61 Å². The molecule has 0 saturated carbocycles. The van der Waals surface area contributed by atoms with Gasteiger partial charge in [0, 0.05) is 4.90 Å². The molecule has 0 radical (unpaired) electrons. The summed E-state index contributed by atoms with van der Waals surface area (Å²) >= 11 is 0. The zero-order valence-electron chi connectivity index (χ0n) is 21.7. The van der Waals surface area contributed by atoms with Crippen molar-refractivity contribution in [3.05, 3.63) is 138 Å². The Morgan fingerprint density at radius 2 is 1.00 bits per heavy atom. The molecular weight excluding hydrogens is 544 g/mol. The summed E-state index contributed by atoms with van der Waals surface area (Å²) in [7, 11) is -1.84. The first-order valence-corrected chi connectivity index (χ1v) is 14.1. The lowest BCUT2D eigenvalue weighted by Gasteiger charge is -2.24. The first kappa shape index (κ1) is 27.9. The van der Waals surface area contributed by atoms with Crippen molar-refractivity contribution in [1.82, 2.24) is 0 Å². The smallest absolute Gasteiger partial charge is 0.338 e. The lowest BCUT2D eigenvalue weighted by molar-refractivity contribution is -0.0435. The monoisotopic (exact) mass is 570 g/mol. The first-order valence-electron chi connectivity index (χ1n) is 12.9. The fourth-order valence-electron chi connectivity index (χ4n) is 4.30. The molecule has 5 rings (SSSR count). The van der Waals surface area contributed by atoms with Crippen molar-refractivity contribution in [3.8, 4) is 0 Å². The van der Waals surface area contributed by atoms with Crippen LogP contribution in [0.2, 0.25) is 0 Å². The summed E-state index contributed by atoms with van der Waals surface area (Å²) in [4.78, 5) is 39.4. The second-order valence-corrected chi connectivity index (χ2v) is 10.6. The Hall–Kier alpha value is -4.60. The van der Waals surface area contributed by atoms with Gasteiger partial charge in [-0.25, -0.2) is 14.4 Å². The third kappa shape index (κ3) is 6.77. The molecule has 0 N–H and O–H groups in total. The van der Waals surface area contributed by atoms with Crippen molar-refractivity contribution in [3.63, 3.8) is 0 Å². The first-order chi connectivity index (χ1) is 20.0. The Balaban J connectivity index is 1.46. The van der Waals surface area contributed by atoms with Gasteiger partial charge in [-0.1, -0.05) is 72.8 Å². The van der Waals surface area contributed by atoms with E-state index in [2.05, 4.69) is 0 Å². The van der Waals surface area contributed by atoms with Crippen LogP contribution in [0.4, 0.5) is 0 Å². The zero-order chi connectivity index (χ0) is 28.6. The Bertz CT molecular complexity index is 1500. The van der Waals surface area contributed by atoms with Crippen LogP contribution < -0.4 is 0 Å². The lowest BCUT2D eigenvalue weighted by Crippen LogP contribution is -2.42. The zero-order valence-corrected chi connectivity index (χ0v) is 22.6. The van der Waals surface area contributed by atoms with E-state index in [0.29, 0.717) is 10.5 Å². The number of ether oxygens (including phenoxy) is 4. The lowest BCUT2D eigenvalue weighted by atomic mass is 10.1. The molecule has 4 aromatic rings. The average Bonchev–Trinajstić information content (AvgIpc) is 3.37. The second kappa shape index (κ2) is 13.2. The predicted octanol–water partition coefficient (Wildman–Crippen LogP) is 4.83. The van der Waals surface area contributed by atoms with E-state index in [-0.39, 0.29) is 17.7 Å². The van der Waals surface area contributed by atoms with Gasteiger partial charge in [0.15, 0.2) is 17.6 Å². The molecule has 0 aromatic heterocycles. The molecular formula is C32H26O8S. The minimum atomic E-state index is -1.84. The second-order valence-electron chi connectivity index (χ2n) is 9.09. The highest BCUT2D eigenvalue weighted by molar-refractivity contribution is 7.85. The molecule has 1 saturated heterocycles. The molecule has 0 spiro atoms. The van der Waals surface area contributed by atoms with Crippen LogP contribution in [0.15, 0.2) is 126 Å². The van der Waals surface area contributed by atoms with E-state index < -0.39 is 52.5 Å². The SMILES string of the molecule is O=C(OC[C@H]1O[C@@H](S(=O)c2ccccc2)C(OC(=O)c2ccccc2)C1OC(=O)c1ccccc1)c1ccccc1. The highest BCUT2D eigenvalue weighted by Gasteiger charge is 2.53. The number of hydrogen-bond donors (Lipinski definition) is 0. The van der Waals surface area contributed by atoms with Gasteiger partial charge in [0.2, 0.25) is 0 Å². The minimum absolute atomic E-state index is 0.254. The van der Waals surface area contributed by atoms with E-state index in [9.17, 15) is 18.6 Å². The summed E-state index contributed by atoms with van der Waals surface area (Å²) in [6.07, 6.45) is -3.60. The van der Waals surface area contributed by atoms with E-state index >= 15 is 0 Å². The molecule has 1 aliphatic rings. The molecule has 4 aromatic carbocycles. The summed E-state index contributed by atoms with van der Waals surface area (Å²) < 4.78 is 37.1. The maximum atomic E-state index is 13.7. The molecule has 9 heteroatoms. The van der Waals surface area contributed by atoms with Crippen molar-refractivity contribution in [2.24, 2.45) is 0 Å². The molecule has 8 nitrogen and oxygen atoms in total. The minimum Gasteiger partial charge on any atom is -0.459 e. The highest BCUT2D eigenvalue weighted by atomic mass is 32.2. The standard InChI is InChI=1S/C32H26O8S/c33-29(22-13-5-1-6-14-22)37-21-26-27(39-30(34)23-15-7-2-8-16-23)28(40-31(35)24-17-9-3-10-18-24)32(38-26)41(36)25-19-11-4-12-20-25/h1-20,26-28,32H,21H2/t26-,27?,28?,32+,41?/m1/s1. The molecule has 1 aliphatic heterocycles. The summed E-state index contributed by atoms with van der Waals surface area (Å²) in [5.74, 6) is -2.03. The third-order valence-electron chi connectivity index (χ3n) is 6.35. The Morgan fingerprint density at radius 3 is 1.49 bits per heavy atom. The third-order valence-corrected chi connectivity index (χ3v) is 7.89. The normalized spacial score (nSPS) is 20.5. The number of carbonyl (C=O) groups excluding carboxylic acids is 3. The number of rotatable bonds is 9. The van der Waals surface area contributed by atoms with Crippen LogP contribution >= 0.6 is 0 Å². The summed E-state index contributed by atoms with van der Waals surface area (Å²) in [6.45, 7) is -0.345. The molecule has 3 unspecified atom stereocenters. The van der Waals surface area contributed by atoms with Gasteiger partial charge >= 0.3 is 17.9 Å². The molecule has 208 valence electrons. The van der Waals surface area contributed by atoms with Crippen LogP contribution in [-0.2, 0) is 29.7 Å². The van der Waals surface area contributed by atoms with Gasteiger partial charge in [-0.15, -0.1) is 0 Å². The van der Waals surface area contributed by atoms with E-state index in [1.165, 1.54) is 0 Å². The molecule has 0 aliphatic carbocycles. The number of esters is 3. The maximum absolute atomic E-state index is 13.7. The average molecular weight is 571 g/mol. The maximum Gasteiger partial charge on any atom is 0.338 e. The molecule has 1 fully saturated rings. The predicted molar refractivity (Wildman–Crippen MR) is 150 cm³/mol. The van der Waals surface area contributed by atoms with Gasteiger partial charge < -0.3 is 18.9 Å². The van der Waals surface area contributed by atoms with E-state index in [0.717, 1.165) is 0 Å². The Labute approximate surface area is 239 Å². The van der Waals surface area contributed by atoms with Crippen LogP contribution in [0.25, 0.3) is 0 Å². The van der Waals surface area contributed by atoms with Crippen LogP contribution in [0.3, 0.4) is 0 Å². The van der Waals surface area contributed by atoms with Crippen molar-refractivity contribution >= 4 is 28.7 Å². The highest BCUT2D eigenvalue weighted by Crippen LogP contribution is 2.33. The summed E-state index contributed by atoms with van der Waals surface area (Å²) in [5.41, 5.74) is -0.393. The molecule has 0 bridgehead atoms. The molecule has 5 atom stereocenters. The van der Waals surface area contributed by atoms with Crippen LogP contribution in [0.1, 0.15) is 31.1 Å². The number of hydrogen-bond acceptors (Lipinski definition) is 8. The van der Waals surface area contributed by atoms with Crippen molar-refractivity contribution < 1.29 is 37.5 Å². The van der Waals surface area contributed by atoms with Gasteiger partial charge in [-0.3, -0.25) is 4.21 Å². The Kier molecular flexibility index (Phi) is 8.98. The van der Waals surface area contributed by atoms with E-state index in [4.69, 9.17) is 18.9 Å². The number of carbonyl (C=O) groups is 3. The van der Waals surface area contributed by atoms with Crippen molar-refractivity contribution in [2.45, 2.75) is 28.6 Å². The number of benzene rings is 4. The topological polar surface area (TPSA) is 105 Å². The largest absolute Gasteiger partial charge is 0.459 e. The van der Waals surface area contributed by atoms with Crippen LogP contribution in [0.5, 0.6) is 0 Å². The summed E-state index contributed by atoms with van der Waals surface area (Å²) in [5, 5.41) is 0. The van der Waals surface area contributed by atoms with Gasteiger partial charge in [-0.2, -0.15) is 0 Å². The van der Waals surface area contributed by atoms with Gasteiger partial charge in [0.05, 0.1) is 27.5 Å². The molecule has 1 heterocycles. The summed E-state index contributed by atoms with van der Waals surface area (Å²) in [6, 6.07) is 33.4. The fraction of sp³-hybridized carbons (Fsp3) is 0.156. The quantitative estimate of drug-likeness (QED) is 0.208. The van der Waals surface area contributed by atoms with Gasteiger partial charge in [-0.05, 0) is 48.5 Å². The van der Waals surface area contributed by atoms with Crippen molar-refractivity contribution in [1.29, 1.82) is 0 Å². The molecule has 0 amide bonds.